The van der Waals surface area contributed by atoms with Gasteiger partial charge in [-0.05, 0) is 51.8 Å². The van der Waals surface area contributed by atoms with Gasteiger partial charge in [-0.25, -0.2) is 0 Å². The molecule has 4 atom stereocenters. The molecule has 1 saturated carbocycles. The van der Waals surface area contributed by atoms with Crippen LogP contribution in [0.5, 0.6) is 0 Å². The fourth-order valence-electron chi connectivity index (χ4n) is 4.89. The molecule has 0 aromatic heterocycles. The van der Waals surface area contributed by atoms with Crippen molar-refractivity contribution in [3.05, 3.63) is 0 Å². The summed E-state index contributed by atoms with van der Waals surface area (Å²) in [6.07, 6.45) is 15.3. The Hall–Kier alpha value is 0.270. The Morgan fingerprint density at radius 2 is 1.63 bits per heavy atom. The molecule has 110 valence electrons. The zero-order chi connectivity index (χ0) is 13.2. The third-order valence-corrected chi connectivity index (χ3v) is 6.95. The molecule has 4 unspecified atom stereocenters. The van der Waals surface area contributed by atoms with Crippen LogP contribution in [-0.2, 0) is 0 Å². The monoisotopic (exact) mass is 282 g/mol. The summed E-state index contributed by atoms with van der Waals surface area (Å²) in [5, 5.41) is 4.45. The van der Waals surface area contributed by atoms with Crippen LogP contribution in [0.25, 0.3) is 0 Å². The summed E-state index contributed by atoms with van der Waals surface area (Å²) in [5.41, 5.74) is 0. The van der Waals surface area contributed by atoms with Gasteiger partial charge >= 0.3 is 0 Å². The highest BCUT2D eigenvalue weighted by atomic mass is 32.2. The molecule has 2 heterocycles. The van der Waals surface area contributed by atoms with Crippen molar-refractivity contribution < 1.29 is 0 Å². The SMILES string of the molecule is CNC1CC2CCCC(C1)N2C1CCCCC1SC. The van der Waals surface area contributed by atoms with E-state index in [0.29, 0.717) is 0 Å². The molecule has 2 nitrogen and oxygen atoms in total. The van der Waals surface area contributed by atoms with Crippen LogP contribution >= 0.6 is 11.8 Å². The maximum Gasteiger partial charge on any atom is 0.0220 e. The molecule has 1 N–H and O–H groups in total. The summed E-state index contributed by atoms with van der Waals surface area (Å²) < 4.78 is 0. The normalized spacial score (nSPS) is 44.2. The van der Waals surface area contributed by atoms with Crippen LogP contribution in [0.15, 0.2) is 0 Å². The predicted octanol–water partition coefficient (Wildman–Crippen LogP) is 3.27. The maximum atomic E-state index is 3.55. The topological polar surface area (TPSA) is 15.3 Å². The van der Waals surface area contributed by atoms with E-state index in [1.807, 2.05) is 0 Å². The number of hydrogen-bond acceptors (Lipinski definition) is 3. The van der Waals surface area contributed by atoms with E-state index in [0.717, 1.165) is 29.4 Å². The van der Waals surface area contributed by atoms with Crippen LogP contribution in [0.4, 0.5) is 0 Å². The quantitative estimate of drug-likeness (QED) is 0.855. The minimum atomic E-state index is 0.780. The van der Waals surface area contributed by atoms with E-state index in [1.54, 1.807) is 0 Å². The molecular formula is C16H30N2S. The number of rotatable bonds is 3. The fourth-order valence-corrected chi connectivity index (χ4v) is 5.88. The molecule has 1 aliphatic carbocycles. The standard InChI is InChI=1S/C16H30N2S/c1-17-12-10-13-6-5-7-14(11-12)18(13)15-8-3-4-9-16(15)19-2/h12-17H,3-11H2,1-2H3. The van der Waals surface area contributed by atoms with E-state index in [2.05, 4.69) is 35.3 Å². The number of thioether (sulfide) groups is 1. The summed E-state index contributed by atoms with van der Waals surface area (Å²) in [6, 6.07) is 3.42. The van der Waals surface area contributed by atoms with Crippen LogP contribution in [-0.4, -0.2) is 47.6 Å². The Balaban J connectivity index is 1.75. The fraction of sp³-hybridized carbons (Fsp3) is 1.00. The summed E-state index contributed by atoms with van der Waals surface area (Å²) in [5.74, 6) is 0. The molecule has 0 radical (unpaired) electrons. The van der Waals surface area contributed by atoms with Gasteiger partial charge in [-0.1, -0.05) is 19.3 Å². The lowest BCUT2D eigenvalue weighted by Crippen LogP contribution is -2.61. The molecule has 2 aliphatic heterocycles. The van der Waals surface area contributed by atoms with E-state index in [9.17, 15) is 0 Å². The van der Waals surface area contributed by atoms with Crippen molar-refractivity contribution in [3.63, 3.8) is 0 Å². The minimum absolute atomic E-state index is 0.780. The Bertz CT molecular complexity index is 282. The number of nitrogens with one attached hydrogen (secondary N) is 1. The molecule has 3 rings (SSSR count). The Morgan fingerprint density at radius 1 is 0.947 bits per heavy atom. The lowest BCUT2D eigenvalue weighted by Gasteiger charge is -2.54. The largest absolute Gasteiger partial charge is 0.317 e. The van der Waals surface area contributed by atoms with Crippen molar-refractivity contribution in [2.24, 2.45) is 0 Å². The molecule has 0 amide bonds. The second kappa shape index (κ2) is 6.36. The maximum absolute atomic E-state index is 3.55. The second-order valence-corrected chi connectivity index (χ2v) is 7.85. The average molecular weight is 282 g/mol. The van der Waals surface area contributed by atoms with Gasteiger partial charge in [0.15, 0.2) is 0 Å². The molecule has 3 fully saturated rings. The third kappa shape index (κ3) is 2.84. The summed E-state index contributed by atoms with van der Waals surface area (Å²) >= 11 is 2.14. The molecule has 3 aliphatic rings. The molecule has 2 bridgehead atoms. The van der Waals surface area contributed by atoms with Gasteiger partial charge in [0.25, 0.3) is 0 Å². The lowest BCUT2D eigenvalue weighted by atomic mass is 9.78. The summed E-state index contributed by atoms with van der Waals surface area (Å²) in [4.78, 5) is 3.00. The van der Waals surface area contributed by atoms with Gasteiger partial charge in [-0.3, -0.25) is 4.90 Å². The van der Waals surface area contributed by atoms with Crippen molar-refractivity contribution in [1.29, 1.82) is 0 Å². The van der Waals surface area contributed by atoms with Crippen molar-refractivity contribution in [2.45, 2.75) is 87.2 Å². The first-order valence-electron chi connectivity index (χ1n) is 8.31. The van der Waals surface area contributed by atoms with Crippen molar-refractivity contribution in [3.8, 4) is 0 Å². The summed E-state index contributed by atoms with van der Waals surface area (Å²) in [6.45, 7) is 0. The van der Waals surface area contributed by atoms with E-state index in [1.165, 1.54) is 57.8 Å². The van der Waals surface area contributed by atoms with Gasteiger partial charge < -0.3 is 5.32 Å². The molecule has 3 heteroatoms. The van der Waals surface area contributed by atoms with Gasteiger partial charge in [0.05, 0.1) is 0 Å². The molecule has 2 saturated heterocycles. The Labute approximate surface area is 123 Å². The minimum Gasteiger partial charge on any atom is -0.317 e. The number of piperidine rings is 2. The first-order chi connectivity index (χ1) is 9.33. The van der Waals surface area contributed by atoms with Gasteiger partial charge in [0.1, 0.15) is 0 Å². The highest BCUT2D eigenvalue weighted by Gasteiger charge is 2.43. The van der Waals surface area contributed by atoms with Crippen LogP contribution in [0, 0.1) is 0 Å². The van der Waals surface area contributed by atoms with Gasteiger partial charge in [0, 0.05) is 29.4 Å². The molecule has 0 spiro atoms. The predicted molar refractivity (Wildman–Crippen MR) is 84.9 cm³/mol. The van der Waals surface area contributed by atoms with Crippen LogP contribution < -0.4 is 5.32 Å². The van der Waals surface area contributed by atoms with E-state index < -0.39 is 0 Å². The Kier molecular flexibility index (Phi) is 4.76. The number of nitrogens with zero attached hydrogens (tertiary/aromatic N) is 1. The smallest absolute Gasteiger partial charge is 0.0220 e. The number of hydrogen-bond donors (Lipinski definition) is 1. The van der Waals surface area contributed by atoms with Crippen LogP contribution in [0.1, 0.15) is 57.8 Å². The zero-order valence-electron chi connectivity index (χ0n) is 12.6. The first-order valence-corrected chi connectivity index (χ1v) is 9.59. The van der Waals surface area contributed by atoms with E-state index in [-0.39, 0.29) is 0 Å². The highest BCUT2D eigenvalue weighted by molar-refractivity contribution is 7.99. The van der Waals surface area contributed by atoms with Gasteiger partial charge in [0.2, 0.25) is 0 Å². The van der Waals surface area contributed by atoms with Crippen LogP contribution in [0.2, 0.25) is 0 Å². The summed E-state index contributed by atoms with van der Waals surface area (Å²) in [7, 11) is 2.15. The van der Waals surface area contributed by atoms with Crippen molar-refractivity contribution in [2.75, 3.05) is 13.3 Å². The molecule has 0 aromatic carbocycles. The molecule has 19 heavy (non-hydrogen) atoms. The van der Waals surface area contributed by atoms with E-state index >= 15 is 0 Å². The second-order valence-electron chi connectivity index (χ2n) is 6.77. The van der Waals surface area contributed by atoms with E-state index in [4.69, 9.17) is 0 Å². The molecule has 0 aromatic rings. The highest BCUT2D eigenvalue weighted by Crippen LogP contribution is 2.41. The number of fused-ring (bicyclic) bond motifs is 2. The van der Waals surface area contributed by atoms with Crippen molar-refractivity contribution in [1.82, 2.24) is 10.2 Å². The van der Waals surface area contributed by atoms with Crippen molar-refractivity contribution >= 4 is 11.8 Å². The molecular weight excluding hydrogens is 252 g/mol. The van der Waals surface area contributed by atoms with Crippen LogP contribution in [0.3, 0.4) is 0 Å². The third-order valence-electron chi connectivity index (χ3n) is 5.79. The Morgan fingerprint density at radius 3 is 2.26 bits per heavy atom. The van der Waals surface area contributed by atoms with Gasteiger partial charge in [-0.15, -0.1) is 0 Å². The zero-order valence-corrected chi connectivity index (χ0v) is 13.4. The first kappa shape index (κ1) is 14.2. The van der Waals surface area contributed by atoms with Gasteiger partial charge in [-0.2, -0.15) is 11.8 Å². The average Bonchev–Trinajstić information content (AvgIpc) is 2.45. The lowest BCUT2D eigenvalue weighted by molar-refractivity contribution is -0.0187.